The van der Waals surface area contributed by atoms with Crippen LogP contribution in [0.15, 0.2) is 24.5 Å². The lowest BCUT2D eigenvalue weighted by Crippen LogP contribution is -2.06. The Morgan fingerprint density at radius 1 is 1.18 bits per heavy atom. The number of hydrogen-bond acceptors (Lipinski definition) is 1. The number of aliphatic hydroxyl groups is 1. The molecule has 0 unspecified atom stereocenters. The minimum Gasteiger partial charge on any atom is -0.513 e. The maximum absolute atomic E-state index is 13.6. The van der Waals surface area contributed by atoms with Crippen LogP contribution in [0.25, 0.3) is 0 Å². The van der Waals surface area contributed by atoms with Crippen molar-refractivity contribution in [3.05, 3.63) is 47.0 Å². The second-order valence-electron chi connectivity index (χ2n) is 5.12. The molecule has 1 rings (SSSR count). The molecule has 17 heavy (non-hydrogen) atoms. The monoisotopic (exact) mass is 236 g/mol. The third-order valence-corrected chi connectivity index (χ3v) is 2.91. The summed E-state index contributed by atoms with van der Waals surface area (Å²) < 4.78 is 13.6. The van der Waals surface area contributed by atoms with Crippen LogP contribution in [0.5, 0.6) is 0 Å². The number of aliphatic hydroxyl groups excluding tert-OH is 1. The molecule has 1 aromatic rings. The van der Waals surface area contributed by atoms with Gasteiger partial charge in [-0.1, -0.05) is 34.3 Å². The molecule has 0 aliphatic rings. The first-order chi connectivity index (χ1) is 7.82. The highest BCUT2D eigenvalue weighted by Crippen LogP contribution is 2.30. The predicted molar refractivity (Wildman–Crippen MR) is 70.1 cm³/mol. The number of halogens is 1. The largest absolute Gasteiger partial charge is 0.513 e. The van der Waals surface area contributed by atoms with Gasteiger partial charge < -0.3 is 5.11 Å². The molecule has 0 aromatic heterocycles. The van der Waals surface area contributed by atoms with Crippen LogP contribution in [0, 0.1) is 5.82 Å². The fourth-order valence-electron chi connectivity index (χ4n) is 2.12. The molecule has 1 nitrogen and oxygen atoms in total. The van der Waals surface area contributed by atoms with E-state index >= 15 is 0 Å². The summed E-state index contributed by atoms with van der Waals surface area (Å²) in [6.45, 7) is 11.7. The Hall–Kier alpha value is -1.31. The lowest BCUT2D eigenvalue weighted by atomic mass is 9.86. The standard InChI is InChI=1S/C15H21FO/c1-9(2)13-7-12(16)8-14(10(3)4)15(13)6-11(5)17/h7-10,17H,5-6H2,1-4H3. The first kappa shape index (κ1) is 13.8. The van der Waals surface area contributed by atoms with Crippen LogP contribution in [0.4, 0.5) is 4.39 Å². The summed E-state index contributed by atoms with van der Waals surface area (Å²) in [5.41, 5.74) is 2.94. The SMILES string of the molecule is C=C(O)Cc1c(C(C)C)cc(F)cc1C(C)C. The van der Waals surface area contributed by atoms with E-state index in [1.807, 2.05) is 27.7 Å². The highest BCUT2D eigenvalue weighted by Gasteiger charge is 2.16. The fourth-order valence-corrected chi connectivity index (χ4v) is 2.12. The molecule has 0 atom stereocenters. The summed E-state index contributed by atoms with van der Waals surface area (Å²) in [4.78, 5) is 0. The van der Waals surface area contributed by atoms with E-state index in [4.69, 9.17) is 0 Å². The van der Waals surface area contributed by atoms with Gasteiger partial charge in [-0.25, -0.2) is 4.39 Å². The van der Waals surface area contributed by atoms with E-state index in [-0.39, 0.29) is 23.4 Å². The average molecular weight is 236 g/mol. The van der Waals surface area contributed by atoms with Gasteiger partial charge in [-0.3, -0.25) is 0 Å². The van der Waals surface area contributed by atoms with Gasteiger partial charge in [0.1, 0.15) is 5.82 Å². The third-order valence-electron chi connectivity index (χ3n) is 2.91. The average Bonchev–Trinajstić information content (AvgIpc) is 2.18. The summed E-state index contributed by atoms with van der Waals surface area (Å²) in [6.07, 6.45) is 0.404. The second-order valence-corrected chi connectivity index (χ2v) is 5.12. The van der Waals surface area contributed by atoms with Gasteiger partial charge in [-0.2, -0.15) is 0 Å². The molecule has 1 aromatic carbocycles. The number of rotatable bonds is 4. The van der Waals surface area contributed by atoms with E-state index in [1.165, 1.54) is 0 Å². The van der Waals surface area contributed by atoms with E-state index in [0.717, 1.165) is 16.7 Å². The smallest absolute Gasteiger partial charge is 0.123 e. The van der Waals surface area contributed by atoms with E-state index < -0.39 is 0 Å². The molecule has 0 heterocycles. The minimum absolute atomic E-state index is 0.125. The number of hydrogen-bond donors (Lipinski definition) is 1. The van der Waals surface area contributed by atoms with Crippen LogP contribution < -0.4 is 0 Å². The second kappa shape index (κ2) is 5.35. The Morgan fingerprint density at radius 2 is 1.59 bits per heavy atom. The molecule has 0 spiro atoms. The van der Waals surface area contributed by atoms with Gasteiger partial charge in [0.05, 0.1) is 5.76 Å². The summed E-state index contributed by atoms with van der Waals surface area (Å²) in [5, 5.41) is 9.40. The third kappa shape index (κ3) is 3.32. The first-order valence-electron chi connectivity index (χ1n) is 6.01. The van der Waals surface area contributed by atoms with Crippen molar-refractivity contribution in [2.45, 2.75) is 46.0 Å². The van der Waals surface area contributed by atoms with Gasteiger partial charge in [0.2, 0.25) is 0 Å². The molecule has 0 fully saturated rings. The van der Waals surface area contributed by atoms with E-state index in [1.54, 1.807) is 12.1 Å². The topological polar surface area (TPSA) is 20.2 Å². The van der Waals surface area contributed by atoms with Crippen LogP contribution in [-0.2, 0) is 6.42 Å². The molecule has 0 bridgehead atoms. The van der Waals surface area contributed by atoms with Crippen molar-refractivity contribution in [2.75, 3.05) is 0 Å². The molecular formula is C15H21FO. The Morgan fingerprint density at radius 3 is 1.88 bits per heavy atom. The van der Waals surface area contributed by atoms with Crippen molar-refractivity contribution in [1.29, 1.82) is 0 Å². The maximum atomic E-state index is 13.6. The molecule has 0 aliphatic heterocycles. The van der Waals surface area contributed by atoms with Gasteiger partial charge in [-0.15, -0.1) is 0 Å². The lowest BCUT2D eigenvalue weighted by Gasteiger charge is -2.19. The Bertz CT molecular complexity index is 390. The molecule has 94 valence electrons. The van der Waals surface area contributed by atoms with Gasteiger partial charge in [0.15, 0.2) is 0 Å². The zero-order valence-corrected chi connectivity index (χ0v) is 11.0. The molecule has 0 aliphatic carbocycles. The van der Waals surface area contributed by atoms with Gasteiger partial charge in [0, 0.05) is 6.42 Å². The zero-order valence-electron chi connectivity index (χ0n) is 11.0. The van der Waals surface area contributed by atoms with Crippen LogP contribution in [0.2, 0.25) is 0 Å². The summed E-state index contributed by atoms with van der Waals surface area (Å²) in [7, 11) is 0. The van der Waals surface area contributed by atoms with Crippen LogP contribution in [0.3, 0.4) is 0 Å². The maximum Gasteiger partial charge on any atom is 0.123 e. The predicted octanol–water partition coefficient (Wildman–Crippen LogP) is 4.69. The van der Waals surface area contributed by atoms with Gasteiger partial charge in [-0.05, 0) is 40.7 Å². The molecule has 0 saturated carbocycles. The highest BCUT2D eigenvalue weighted by atomic mass is 19.1. The number of allylic oxidation sites excluding steroid dienone is 1. The van der Waals surface area contributed by atoms with Crippen molar-refractivity contribution in [3.63, 3.8) is 0 Å². The zero-order chi connectivity index (χ0) is 13.2. The Balaban J connectivity index is 3.41. The van der Waals surface area contributed by atoms with Gasteiger partial charge in [0.25, 0.3) is 0 Å². The van der Waals surface area contributed by atoms with Gasteiger partial charge >= 0.3 is 0 Å². The summed E-state index contributed by atoms with van der Waals surface area (Å²) in [5.74, 6) is 0.389. The Labute approximate surface area is 103 Å². The lowest BCUT2D eigenvalue weighted by molar-refractivity contribution is 0.400. The van der Waals surface area contributed by atoms with Crippen molar-refractivity contribution >= 4 is 0 Å². The molecule has 0 radical (unpaired) electrons. The van der Waals surface area contributed by atoms with Crippen molar-refractivity contribution in [1.82, 2.24) is 0 Å². The quantitative estimate of drug-likeness (QED) is 0.752. The van der Waals surface area contributed by atoms with Crippen LogP contribution in [-0.4, -0.2) is 5.11 Å². The van der Waals surface area contributed by atoms with E-state index in [0.29, 0.717) is 6.42 Å². The fraction of sp³-hybridized carbons (Fsp3) is 0.467. The normalized spacial score (nSPS) is 11.2. The van der Waals surface area contributed by atoms with Crippen LogP contribution in [0.1, 0.15) is 56.2 Å². The molecule has 0 amide bonds. The van der Waals surface area contributed by atoms with Crippen LogP contribution >= 0.6 is 0 Å². The van der Waals surface area contributed by atoms with E-state index in [9.17, 15) is 9.50 Å². The Kier molecular flexibility index (Phi) is 4.33. The number of benzene rings is 1. The molecule has 1 N–H and O–H groups in total. The summed E-state index contributed by atoms with van der Waals surface area (Å²) in [6, 6.07) is 3.13. The first-order valence-corrected chi connectivity index (χ1v) is 6.01. The highest BCUT2D eigenvalue weighted by molar-refractivity contribution is 5.41. The molecule has 2 heteroatoms. The molecule has 0 saturated heterocycles. The molecular weight excluding hydrogens is 215 g/mol. The summed E-state index contributed by atoms with van der Waals surface area (Å²) >= 11 is 0. The van der Waals surface area contributed by atoms with Crippen molar-refractivity contribution in [2.24, 2.45) is 0 Å². The minimum atomic E-state index is -0.204. The van der Waals surface area contributed by atoms with Crippen molar-refractivity contribution < 1.29 is 9.50 Å². The van der Waals surface area contributed by atoms with Crippen molar-refractivity contribution in [3.8, 4) is 0 Å². The van der Waals surface area contributed by atoms with E-state index in [2.05, 4.69) is 6.58 Å².